The third kappa shape index (κ3) is 4.99. The zero-order valence-corrected chi connectivity index (χ0v) is 19.7. The van der Waals surface area contributed by atoms with Crippen molar-refractivity contribution in [1.82, 2.24) is 14.8 Å². The van der Waals surface area contributed by atoms with Crippen molar-refractivity contribution in [1.29, 1.82) is 5.26 Å². The Labute approximate surface area is 202 Å². The SMILES string of the molecule is Cc1c(C2CN3CCN(C(=O)Cc4ccc(N(N)/C=N\N)nc4)CC3CS2)ccc(F)c1C#N. The van der Waals surface area contributed by atoms with Crippen LogP contribution in [-0.4, -0.2) is 65.0 Å². The maximum atomic E-state index is 13.9. The lowest BCUT2D eigenvalue weighted by Gasteiger charge is -2.46. The van der Waals surface area contributed by atoms with Gasteiger partial charge in [0, 0.05) is 49.4 Å². The highest BCUT2D eigenvalue weighted by Gasteiger charge is 2.36. The van der Waals surface area contributed by atoms with Crippen molar-refractivity contribution in [3.05, 3.63) is 58.5 Å². The van der Waals surface area contributed by atoms with E-state index in [0.29, 0.717) is 18.9 Å². The Kier molecular flexibility index (Phi) is 7.31. The number of nitriles is 1. The number of anilines is 1. The Morgan fingerprint density at radius 1 is 1.38 bits per heavy atom. The van der Waals surface area contributed by atoms with Crippen LogP contribution in [0.2, 0.25) is 0 Å². The summed E-state index contributed by atoms with van der Waals surface area (Å²) in [5.74, 6) is 11.8. The van der Waals surface area contributed by atoms with Crippen molar-refractivity contribution in [3.63, 3.8) is 0 Å². The summed E-state index contributed by atoms with van der Waals surface area (Å²) in [6.45, 7) is 4.77. The number of piperazine rings is 1. The molecular formula is C23H27FN8OS. The lowest BCUT2D eigenvalue weighted by molar-refractivity contribution is -0.133. The molecule has 2 atom stereocenters. The fourth-order valence-corrected chi connectivity index (χ4v) is 5.97. The Morgan fingerprint density at radius 2 is 2.21 bits per heavy atom. The average molecular weight is 483 g/mol. The number of benzene rings is 1. The minimum atomic E-state index is -0.468. The first kappa shape index (κ1) is 23.9. The van der Waals surface area contributed by atoms with Crippen LogP contribution in [0, 0.1) is 24.1 Å². The number of halogens is 1. The second-order valence-corrected chi connectivity index (χ2v) is 9.67. The van der Waals surface area contributed by atoms with Gasteiger partial charge >= 0.3 is 0 Å². The normalized spacial score (nSPS) is 20.7. The molecule has 2 aliphatic rings. The molecule has 34 heavy (non-hydrogen) atoms. The molecule has 2 unspecified atom stereocenters. The van der Waals surface area contributed by atoms with Gasteiger partial charge in [-0.3, -0.25) is 9.69 Å². The highest BCUT2D eigenvalue weighted by Crippen LogP contribution is 2.39. The van der Waals surface area contributed by atoms with Crippen LogP contribution in [0.15, 0.2) is 35.6 Å². The quantitative estimate of drug-likeness (QED) is 0.284. The molecule has 0 spiro atoms. The van der Waals surface area contributed by atoms with Crippen LogP contribution in [0.4, 0.5) is 10.2 Å². The van der Waals surface area contributed by atoms with Crippen LogP contribution in [0.25, 0.3) is 0 Å². The van der Waals surface area contributed by atoms with Gasteiger partial charge in [0.15, 0.2) is 0 Å². The molecule has 2 fully saturated rings. The number of fused-ring (bicyclic) bond motifs is 1. The van der Waals surface area contributed by atoms with Gasteiger partial charge in [0.1, 0.15) is 24.0 Å². The number of thioether (sulfide) groups is 1. The molecule has 2 aliphatic heterocycles. The van der Waals surface area contributed by atoms with E-state index in [1.807, 2.05) is 35.7 Å². The molecule has 2 saturated heterocycles. The molecule has 0 radical (unpaired) electrons. The summed E-state index contributed by atoms with van der Waals surface area (Å²) in [5, 5.41) is 14.0. The summed E-state index contributed by atoms with van der Waals surface area (Å²) >= 11 is 1.81. The zero-order chi connectivity index (χ0) is 24.2. The molecule has 0 aliphatic carbocycles. The van der Waals surface area contributed by atoms with Gasteiger partial charge in [-0.15, -0.1) is 0 Å². The molecular weight excluding hydrogens is 455 g/mol. The maximum absolute atomic E-state index is 13.9. The number of aromatic nitrogens is 1. The number of hydrazone groups is 1. The first-order chi connectivity index (χ1) is 16.4. The van der Waals surface area contributed by atoms with E-state index in [-0.39, 0.29) is 29.2 Å². The number of carbonyl (C=O) groups excluding carboxylic acids is 1. The number of nitrogens with two attached hydrogens (primary N) is 2. The van der Waals surface area contributed by atoms with E-state index >= 15 is 0 Å². The number of pyridine rings is 1. The van der Waals surface area contributed by atoms with E-state index in [1.165, 1.54) is 17.4 Å². The third-order valence-electron chi connectivity index (χ3n) is 6.38. The van der Waals surface area contributed by atoms with Crippen LogP contribution in [-0.2, 0) is 11.2 Å². The van der Waals surface area contributed by atoms with E-state index in [4.69, 9.17) is 11.7 Å². The van der Waals surface area contributed by atoms with Crippen LogP contribution in [0.3, 0.4) is 0 Å². The second kappa shape index (κ2) is 10.4. The second-order valence-electron chi connectivity index (χ2n) is 8.43. The molecule has 3 heterocycles. The van der Waals surface area contributed by atoms with E-state index in [0.717, 1.165) is 35.5 Å². The summed E-state index contributed by atoms with van der Waals surface area (Å²) in [4.78, 5) is 21.5. The molecule has 0 saturated carbocycles. The largest absolute Gasteiger partial charge is 0.340 e. The number of hydrogen-bond donors (Lipinski definition) is 2. The number of carbonyl (C=O) groups is 1. The smallest absolute Gasteiger partial charge is 0.227 e. The standard InChI is InChI=1S/C23H27FN8OS/c1-15-18(3-4-20(24)19(15)9-25)21-12-30-6-7-31(11-17(30)13-34-21)23(33)8-16-2-5-22(28-10-16)32(27)14-29-26/h2-5,10,14,17,21H,6-8,11-13,26-27H2,1H3/b29-14-. The van der Waals surface area contributed by atoms with Gasteiger partial charge < -0.3 is 10.7 Å². The van der Waals surface area contributed by atoms with Gasteiger partial charge in [0.05, 0.1) is 12.0 Å². The molecule has 2 aromatic rings. The van der Waals surface area contributed by atoms with E-state index in [2.05, 4.69) is 15.0 Å². The summed E-state index contributed by atoms with van der Waals surface area (Å²) in [6.07, 6.45) is 3.16. The van der Waals surface area contributed by atoms with Gasteiger partial charge in [-0.05, 0) is 35.7 Å². The fourth-order valence-electron chi connectivity index (χ4n) is 4.47. The molecule has 0 bridgehead atoms. The molecule has 11 heteroatoms. The maximum Gasteiger partial charge on any atom is 0.227 e. The van der Waals surface area contributed by atoms with Gasteiger partial charge in [-0.25, -0.2) is 20.2 Å². The van der Waals surface area contributed by atoms with Crippen molar-refractivity contribution in [2.24, 2.45) is 16.8 Å². The van der Waals surface area contributed by atoms with Gasteiger partial charge in [-0.1, -0.05) is 12.1 Å². The third-order valence-corrected chi connectivity index (χ3v) is 7.76. The predicted molar refractivity (Wildman–Crippen MR) is 130 cm³/mol. The molecule has 4 rings (SSSR count). The number of nitrogens with zero attached hydrogens (tertiary/aromatic N) is 6. The molecule has 1 aromatic heterocycles. The number of rotatable bonds is 5. The van der Waals surface area contributed by atoms with Crippen LogP contribution in [0.1, 0.15) is 27.5 Å². The monoisotopic (exact) mass is 482 g/mol. The average Bonchev–Trinajstić information content (AvgIpc) is 2.84. The first-order valence-corrected chi connectivity index (χ1v) is 12.0. The Balaban J connectivity index is 1.35. The molecule has 1 aromatic carbocycles. The van der Waals surface area contributed by atoms with Gasteiger partial charge in [0.2, 0.25) is 5.91 Å². The minimum absolute atomic E-state index is 0.0717. The molecule has 9 nitrogen and oxygen atoms in total. The topological polar surface area (TPSA) is 128 Å². The lowest BCUT2D eigenvalue weighted by atomic mass is 9.99. The Morgan fingerprint density at radius 3 is 2.91 bits per heavy atom. The van der Waals surface area contributed by atoms with Crippen molar-refractivity contribution < 1.29 is 9.18 Å². The van der Waals surface area contributed by atoms with Crippen molar-refractivity contribution in [2.45, 2.75) is 24.6 Å². The summed E-state index contributed by atoms with van der Waals surface area (Å²) in [7, 11) is 0. The Hall–Kier alpha value is -3.20. The molecule has 178 valence electrons. The summed E-state index contributed by atoms with van der Waals surface area (Å²) < 4.78 is 13.9. The van der Waals surface area contributed by atoms with Crippen molar-refractivity contribution in [3.8, 4) is 6.07 Å². The lowest BCUT2D eigenvalue weighted by Crippen LogP contribution is -2.58. The Bertz CT molecular complexity index is 1120. The van der Waals surface area contributed by atoms with Crippen molar-refractivity contribution >= 4 is 29.8 Å². The van der Waals surface area contributed by atoms with E-state index in [1.54, 1.807) is 18.3 Å². The number of hydrogen-bond acceptors (Lipinski definition) is 8. The fraction of sp³-hybridized carbons (Fsp3) is 0.391. The van der Waals surface area contributed by atoms with Gasteiger partial charge in [-0.2, -0.15) is 22.1 Å². The van der Waals surface area contributed by atoms with Crippen molar-refractivity contribution in [2.75, 3.05) is 36.9 Å². The van der Waals surface area contributed by atoms with Crippen LogP contribution in [0.5, 0.6) is 0 Å². The van der Waals surface area contributed by atoms with Crippen LogP contribution >= 0.6 is 11.8 Å². The zero-order valence-electron chi connectivity index (χ0n) is 18.9. The highest BCUT2D eigenvalue weighted by molar-refractivity contribution is 7.99. The number of amides is 1. The van der Waals surface area contributed by atoms with E-state index < -0.39 is 5.82 Å². The van der Waals surface area contributed by atoms with E-state index in [9.17, 15) is 14.4 Å². The summed E-state index contributed by atoms with van der Waals surface area (Å²) in [5.41, 5.74) is 2.68. The summed E-state index contributed by atoms with van der Waals surface area (Å²) in [6, 6.07) is 8.99. The minimum Gasteiger partial charge on any atom is -0.340 e. The van der Waals surface area contributed by atoms with Gasteiger partial charge in [0.25, 0.3) is 0 Å². The number of hydrazine groups is 1. The highest BCUT2D eigenvalue weighted by atomic mass is 32.2. The predicted octanol–water partition coefficient (Wildman–Crippen LogP) is 1.53. The molecule has 4 N–H and O–H groups in total. The molecule has 1 amide bonds. The first-order valence-electron chi connectivity index (χ1n) is 11.0. The van der Waals surface area contributed by atoms with Crippen LogP contribution < -0.4 is 16.7 Å².